The average molecular weight is 266 g/mol. The fourth-order valence-corrected chi connectivity index (χ4v) is 2.50. The van der Waals surface area contributed by atoms with Crippen molar-refractivity contribution in [2.24, 2.45) is 0 Å². The first kappa shape index (κ1) is 14.5. The summed E-state index contributed by atoms with van der Waals surface area (Å²) in [4.78, 5) is 0. The molecule has 0 aromatic carbocycles. The average Bonchev–Trinajstić information content (AvgIpc) is 2.71. The Hall–Kier alpha value is -0.940. The van der Waals surface area contributed by atoms with E-state index < -0.39 is 0 Å². The third-order valence-electron chi connectivity index (χ3n) is 3.62. The predicted molar refractivity (Wildman–Crippen MR) is 74.8 cm³/mol. The Bertz CT molecular complexity index is 345. The van der Waals surface area contributed by atoms with Crippen molar-refractivity contribution in [3.63, 3.8) is 0 Å². The van der Waals surface area contributed by atoms with E-state index in [4.69, 9.17) is 4.74 Å². The lowest BCUT2D eigenvalue weighted by Gasteiger charge is -2.14. The Labute approximate surface area is 115 Å². The summed E-state index contributed by atoms with van der Waals surface area (Å²) >= 11 is 0. The second-order valence-electron chi connectivity index (χ2n) is 5.24. The summed E-state index contributed by atoms with van der Waals surface area (Å²) < 4.78 is 7.83. The van der Waals surface area contributed by atoms with Crippen LogP contribution in [0.1, 0.15) is 51.1 Å². The summed E-state index contributed by atoms with van der Waals surface area (Å²) in [5.41, 5.74) is 0.997. The number of nitrogens with one attached hydrogen (secondary N) is 1. The molecule has 108 valence electrons. The quantitative estimate of drug-likeness (QED) is 0.768. The molecule has 1 heterocycles. The number of hydrogen-bond acceptors (Lipinski definition) is 4. The molecule has 2 rings (SSSR count). The van der Waals surface area contributed by atoms with Gasteiger partial charge in [0.15, 0.2) is 0 Å². The Balaban J connectivity index is 1.65. The lowest BCUT2D eigenvalue weighted by atomic mass is 10.1. The van der Waals surface area contributed by atoms with Crippen molar-refractivity contribution in [1.82, 2.24) is 20.3 Å². The molecular formula is C14H26N4O. The van der Waals surface area contributed by atoms with E-state index in [1.807, 2.05) is 10.9 Å². The van der Waals surface area contributed by atoms with Crippen molar-refractivity contribution in [2.45, 2.75) is 64.6 Å². The van der Waals surface area contributed by atoms with Crippen molar-refractivity contribution in [1.29, 1.82) is 0 Å². The van der Waals surface area contributed by atoms with Crippen LogP contribution in [0.25, 0.3) is 0 Å². The molecule has 5 heteroatoms. The monoisotopic (exact) mass is 266 g/mol. The first-order valence-electron chi connectivity index (χ1n) is 7.60. The number of rotatable bonds is 7. The number of ether oxygens (including phenoxy) is 1. The van der Waals surface area contributed by atoms with Crippen LogP contribution in [-0.2, 0) is 17.8 Å². The van der Waals surface area contributed by atoms with E-state index in [1.54, 1.807) is 0 Å². The van der Waals surface area contributed by atoms with Gasteiger partial charge >= 0.3 is 0 Å². The zero-order valence-corrected chi connectivity index (χ0v) is 12.0. The highest BCUT2D eigenvalue weighted by Crippen LogP contribution is 2.19. The van der Waals surface area contributed by atoms with E-state index >= 15 is 0 Å². The van der Waals surface area contributed by atoms with Gasteiger partial charge in [-0.15, -0.1) is 5.10 Å². The van der Waals surface area contributed by atoms with Gasteiger partial charge in [-0.1, -0.05) is 37.8 Å². The van der Waals surface area contributed by atoms with Gasteiger partial charge in [-0.05, 0) is 19.4 Å². The first-order valence-corrected chi connectivity index (χ1v) is 7.60. The zero-order chi connectivity index (χ0) is 13.3. The van der Waals surface area contributed by atoms with Gasteiger partial charge in [-0.3, -0.25) is 0 Å². The van der Waals surface area contributed by atoms with Crippen molar-refractivity contribution in [2.75, 3.05) is 13.2 Å². The maximum atomic E-state index is 5.95. The van der Waals surface area contributed by atoms with E-state index in [2.05, 4.69) is 22.6 Å². The minimum Gasteiger partial charge on any atom is -0.376 e. The molecule has 1 fully saturated rings. The van der Waals surface area contributed by atoms with Crippen LogP contribution in [0.3, 0.4) is 0 Å². The van der Waals surface area contributed by atoms with Gasteiger partial charge in [-0.2, -0.15) is 0 Å². The highest BCUT2D eigenvalue weighted by atomic mass is 16.5. The van der Waals surface area contributed by atoms with Crippen molar-refractivity contribution in [3.8, 4) is 0 Å². The number of hydrogen-bond donors (Lipinski definition) is 1. The molecule has 19 heavy (non-hydrogen) atoms. The molecule has 0 atom stereocenters. The SMILES string of the molecule is CCNCc1cn(CCOC2CCCCCC2)nn1. The molecule has 0 spiro atoms. The highest BCUT2D eigenvalue weighted by Gasteiger charge is 2.12. The fourth-order valence-electron chi connectivity index (χ4n) is 2.50. The molecule has 5 nitrogen and oxygen atoms in total. The first-order chi connectivity index (χ1) is 9.38. The van der Waals surface area contributed by atoms with Gasteiger partial charge in [-0.25, -0.2) is 4.68 Å². The molecular weight excluding hydrogens is 240 g/mol. The summed E-state index contributed by atoms with van der Waals surface area (Å²) in [6.07, 6.45) is 10.3. The minimum absolute atomic E-state index is 0.465. The molecule has 0 aliphatic heterocycles. The molecule has 0 unspecified atom stereocenters. The Morgan fingerprint density at radius 1 is 1.32 bits per heavy atom. The van der Waals surface area contributed by atoms with Gasteiger partial charge < -0.3 is 10.1 Å². The lowest BCUT2D eigenvalue weighted by Crippen LogP contribution is -2.16. The Morgan fingerprint density at radius 2 is 2.11 bits per heavy atom. The summed E-state index contributed by atoms with van der Waals surface area (Å²) in [6.45, 7) is 5.38. The van der Waals surface area contributed by atoms with Crippen molar-refractivity contribution < 1.29 is 4.74 Å². The van der Waals surface area contributed by atoms with E-state index in [0.29, 0.717) is 6.10 Å². The van der Waals surface area contributed by atoms with Crippen molar-refractivity contribution in [3.05, 3.63) is 11.9 Å². The molecule has 1 aromatic heterocycles. The topological polar surface area (TPSA) is 52.0 Å². The van der Waals surface area contributed by atoms with Crippen LogP contribution in [-0.4, -0.2) is 34.2 Å². The summed E-state index contributed by atoms with van der Waals surface area (Å²) in [5.74, 6) is 0. The fraction of sp³-hybridized carbons (Fsp3) is 0.857. The smallest absolute Gasteiger partial charge is 0.0964 e. The normalized spacial score (nSPS) is 17.5. The van der Waals surface area contributed by atoms with E-state index in [-0.39, 0.29) is 0 Å². The van der Waals surface area contributed by atoms with Crippen LogP contribution in [0, 0.1) is 0 Å². The Kier molecular flexibility index (Phi) is 6.30. The second-order valence-corrected chi connectivity index (χ2v) is 5.24. The maximum Gasteiger partial charge on any atom is 0.0964 e. The molecule has 1 aliphatic rings. The van der Waals surface area contributed by atoms with Gasteiger partial charge in [0.25, 0.3) is 0 Å². The third-order valence-corrected chi connectivity index (χ3v) is 3.62. The van der Waals surface area contributed by atoms with Gasteiger partial charge in [0.1, 0.15) is 0 Å². The minimum atomic E-state index is 0.465. The van der Waals surface area contributed by atoms with Gasteiger partial charge in [0, 0.05) is 12.7 Å². The molecule has 0 amide bonds. The second kappa shape index (κ2) is 8.27. The largest absolute Gasteiger partial charge is 0.376 e. The molecule has 1 N–H and O–H groups in total. The van der Waals surface area contributed by atoms with Crippen LogP contribution in [0.5, 0.6) is 0 Å². The Morgan fingerprint density at radius 3 is 2.84 bits per heavy atom. The van der Waals surface area contributed by atoms with Crippen LogP contribution in [0.4, 0.5) is 0 Å². The van der Waals surface area contributed by atoms with E-state index in [0.717, 1.165) is 31.9 Å². The standard InChI is InChI=1S/C14H26N4O/c1-2-15-11-13-12-18(17-16-13)9-10-19-14-7-5-3-4-6-8-14/h12,14-15H,2-11H2,1H3. The van der Waals surface area contributed by atoms with Crippen LogP contribution >= 0.6 is 0 Å². The summed E-state index contributed by atoms with van der Waals surface area (Å²) in [6, 6.07) is 0. The molecule has 1 aromatic rings. The molecule has 0 saturated heterocycles. The molecule has 0 bridgehead atoms. The van der Waals surface area contributed by atoms with Crippen LogP contribution in [0.15, 0.2) is 6.20 Å². The van der Waals surface area contributed by atoms with Crippen LogP contribution in [0.2, 0.25) is 0 Å². The highest BCUT2D eigenvalue weighted by molar-refractivity contribution is 4.91. The lowest BCUT2D eigenvalue weighted by molar-refractivity contribution is 0.0367. The predicted octanol–water partition coefficient (Wildman–Crippen LogP) is 2.13. The summed E-state index contributed by atoms with van der Waals surface area (Å²) in [5, 5.41) is 11.5. The molecule has 1 aliphatic carbocycles. The summed E-state index contributed by atoms with van der Waals surface area (Å²) in [7, 11) is 0. The molecule has 1 saturated carbocycles. The van der Waals surface area contributed by atoms with Gasteiger partial charge in [0.2, 0.25) is 0 Å². The van der Waals surface area contributed by atoms with E-state index in [9.17, 15) is 0 Å². The zero-order valence-electron chi connectivity index (χ0n) is 12.0. The van der Waals surface area contributed by atoms with Crippen LogP contribution < -0.4 is 5.32 Å². The third kappa shape index (κ3) is 5.28. The number of nitrogens with zero attached hydrogens (tertiary/aromatic N) is 3. The maximum absolute atomic E-state index is 5.95. The number of aromatic nitrogens is 3. The molecule has 0 radical (unpaired) electrons. The van der Waals surface area contributed by atoms with Crippen molar-refractivity contribution >= 4 is 0 Å². The van der Waals surface area contributed by atoms with Gasteiger partial charge in [0.05, 0.1) is 24.9 Å². The van der Waals surface area contributed by atoms with E-state index in [1.165, 1.54) is 38.5 Å².